The standard InChI is InChI=1S/C63H104O5/c1-4-7-10-13-16-19-22-25-28-30-32-33-36-38-41-44-47-50-53-56-62(64)67-60-61(68-63(65)57-54-51-48-45-42-39-35-27-24-21-18-15-12-9-6-3)59-66-58-55-52-49-46-43-40-37-34-31-29-26-23-20-17-14-11-8-5-2/h7,9-10,12,16-21,25-29,32-33,35,38,41,61H,4-6,8,11,13-15,22-24,30-31,34,36-37,39-40,42-60H2,1-3H3/b10-7-,12-9-,19-16-,20-17-,21-18-,28-25-,29-26-,33-32-,35-27-,41-38-. The Balaban J connectivity index is 4.39. The Morgan fingerprint density at radius 1 is 0.338 bits per heavy atom. The lowest BCUT2D eigenvalue weighted by Gasteiger charge is -2.18. The van der Waals surface area contributed by atoms with Gasteiger partial charge in [0.05, 0.1) is 6.61 Å². The summed E-state index contributed by atoms with van der Waals surface area (Å²) in [5.41, 5.74) is 0. The molecule has 1 atom stereocenters. The highest BCUT2D eigenvalue weighted by atomic mass is 16.6. The fourth-order valence-electron chi connectivity index (χ4n) is 7.34. The minimum absolute atomic E-state index is 0.0514. The Hall–Kier alpha value is -3.70. The monoisotopic (exact) mass is 941 g/mol. The molecule has 0 aliphatic carbocycles. The van der Waals surface area contributed by atoms with Crippen molar-refractivity contribution in [2.45, 2.75) is 245 Å². The van der Waals surface area contributed by atoms with Gasteiger partial charge in [0.1, 0.15) is 6.61 Å². The molecule has 0 fully saturated rings. The van der Waals surface area contributed by atoms with Crippen molar-refractivity contribution < 1.29 is 23.8 Å². The third-order valence-electron chi connectivity index (χ3n) is 11.5. The average molecular weight is 942 g/mol. The number of carbonyl (C=O) groups excluding carboxylic acids is 2. The molecular formula is C63H104O5. The lowest BCUT2D eigenvalue weighted by atomic mass is 10.1. The summed E-state index contributed by atoms with van der Waals surface area (Å²) in [4.78, 5) is 25.5. The Labute approximate surface area is 420 Å². The number of unbranched alkanes of at least 4 members (excludes halogenated alkanes) is 19. The predicted molar refractivity (Wildman–Crippen MR) is 297 cm³/mol. The fraction of sp³-hybridized carbons (Fsp3) is 0.651. The molecule has 1 unspecified atom stereocenters. The number of hydrogen-bond donors (Lipinski definition) is 0. The van der Waals surface area contributed by atoms with Crippen molar-refractivity contribution in [2.75, 3.05) is 19.8 Å². The Bertz CT molecular complexity index is 1390. The Kier molecular flexibility index (Phi) is 54.5. The van der Waals surface area contributed by atoms with Gasteiger partial charge in [-0.2, -0.15) is 0 Å². The minimum Gasteiger partial charge on any atom is -0.462 e. The van der Waals surface area contributed by atoms with E-state index in [1.165, 1.54) is 83.5 Å². The summed E-state index contributed by atoms with van der Waals surface area (Å²) >= 11 is 0. The molecule has 0 aromatic carbocycles. The van der Waals surface area contributed by atoms with Gasteiger partial charge in [0.25, 0.3) is 0 Å². The predicted octanol–water partition coefficient (Wildman–Crippen LogP) is 19.3. The van der Waals surface area contributed by atoms with E-state index < -0.39 is 6.10 Å². The van der Waals surface area contributed by atoms with Gasteiger partial charge in [-0.05, 0) is 128 Å². The number of ether oxygens (including phenoxy) is 3. The summed E-state index contributed by atoms with van der Waals surface area (Å²) in [5.74, 6) is -0.461. The third-order valence-corrected chi connectivity index (χ3v) is 11.5. The van der Waals surface area contributed by atoms with Crippen LogP contribution in [-0.4, -0.2) is 37.9 Å². The van der Waals surface area contributed by atoms with Gasteiger partial charge in [0, 0.05) is 19.4 Å². The van der Waals surface area contributed by atoms with E-state index in [-0.39, 0.29) is 25.2 Å². The number of carbonyl (C=O) groups is 2. The molecule has 0 aliphatic heterocycles. The van der Waals surface area contributed by atoms with Crippen LogP contribution in [0.5, 0.6) is 0 Å². The average Bonchev–Trinajstić information content (AvgIpc) is 3.34. The molecule has 0 saturated heterocycles. The van der Waals surface area contributed by atoms with Crippen LogP contribution in [0.1, 0.15) is 239 Å². The van der Waals surface area contributed by atoms with Crippen LogP contribution in [0.15, 0.2) is 122 Å². The first-order chi connectivity index (χ1) is 33.6. The molecule has 5 nitrogen and oxygen atoms in total. The van der Waals surface area contributed by atoms with E-state index in [1.54, 1.807) is 0 Å². The zero-order valence-electron chi connectivity index (χ0n) is 44.3. The van der Waals surface area contributed by atoms with Crippen LogP contribution in [0.25, 0.3) is 0 Å². The van der Waals surface area contributed by atoms with Gasteiger partial charge in [-0.1, -0.05) is 219 Å². The highest BCUT2D eigenvalue weighted by Crippen LogP contribution is 2.13. The number of rotatable bonds is 50. The van der Waals surface area contributed by atoms with Gasteiger partial charge in [0.15, 0.2) is 6.10 Å². The second kappa shape index (κ2) is 57.6. The summed E-state index contributed by atoms with van der Waals surface area (Å²) in [6, 6.07) is 0. The summed E-state index contributed by atoms with van der Waals surface area (Å²) in [7, 11) is 0. The number of hydrogen-bond acceptors (Lipinski definition) is 5. The maximum Gasteiger partial charge on any atom is 0.306 e. The van der Waals surface area contributed by atoms with E-state index in [0.717, 1.165) is 122 Å². The first-order valence-electron chi connectivity index (χ1n) is 28.1. The van der Waals surface area contributed by atoms with Gasteiger partial charge >= 0.3 is 11.9 Å². The van der Waals surface area contributed by atoms with Crippen LogP contribution in [-0.2, 0) is 23.8 Å². The van der Waals surface area contributed by atoms with Crippen molar-refractivity contribution in [3.05, 3.63) is 122 Å². The Morgan fingerprint density at radius 2 is 0.662 bits per heavy atom. The molecular weight excluding hydrogens is 837 g/mol. The molecule has 0 heterocycles. The molecule has 0 aliphatic rings. The number of allylic oxidation sites excluding steroid dienone is 20. The van der Waals surface area contributed by atoms with Crippen molar-refractivity contribution in [1.29, 1.82) is 0 Å². The maximum absolute atomic E-state index is 12.8. The summed E-state index contributed by atoms with van der Waals surface area (Å²) in [6.45, 7) is 7.51. The van der Waals surface area contributed by atoms with Crippen molar-refractivity contribution in [3.63, 3.8) is 0 Å². The van der Waals surface area contributed by atoms with Crippen molar-refractivity contribution in [2.24, 2.45) is 0 Å². The molecule has 0 amide bonds. The van der Waals surface area contributed by atoms with Crippen molar-refractivity contribution in [3.8, 4) is 0 Å². The quantitative estimate of drug-likeness (QED) is 0.0345. The largest absolute Gasteiger partial charge is 0.462 e. The highest BCUT2D eigenvalue weighted by Gasteiger charge is 2.17. The van der Waals surface area contributed by atoms with Gasteiger partial charge in [-0.25, -0.2) is 0 Å². The summed E-state index contributed by atoms with van der Waals surface area (Å²) < 4.78 is 17.4. The second-order valence-corrected chi connectivity index (χ2v) is 18.1. The smallest absolute Gasteiger partial charge is 0.306 e. The van der Waals surface area contributed by atoms with Gasteiger partial charge < -0.3 is 14.2 Å². The van der Waals surface area contributed by atoms with E-state index in [1.807, 2.05) is 0 Å². The van der Waals surface area contributed by atoms with E-state index >= 15 is 0 Å². The molecule has 0 aromatic rings. The molecule has 0 N–H and O–H groups in total. The topological polar surface area (TPSA) is 61.8 Å². The fourth-order valence-corrected chi connectivity index (χ4v) is 7.34. The number of esters is 2. The molecule has 386 valence electrons. The van der Waals surface area contributed by atoms with Crippen molar-refractivity contribution >= 4 is 11.9 Å². The van der Waals surface area contributed by atoms with Gasteiger partial charge in [0.2, 0.25) is 0 Å². The van der Waals surface area contributed by atoms with Crippen molar-refractivity contribution in [1.82, 2.24) is 0 Å². The normalized spacial score (nSPS) is 13.2. The zero-order chi connectivity index (χ0) is 49.2. The highest BCUT2D eigenvalue weighted by molar-refractivity contribution is 5.70. The van der Waals surface area contributed by atoms with Crippen LogP contribution in [0.4, 0.5) is 0 Å². The van der Waals surface area contributed by atoms with E-state index in [4.69, 9.17) is 14.2 Å². The van der Waals surface area contributed by atoms with Crippen LogP contribution in [0.3, 0.4) is 0 Å². The molecule has 68 heavy (non-hydrogen) atoms. The maximum atomic E-state index is 12.8. The van der Waals surface area contributed by atoms with Crippen LogP contribution in [0.2, 0.25) is 0 Å². The first-order valence-corrected chi connectivity index (χ1v) is 28.1. The van der Waals surface area contributed by atoms with Crippen LogP contribution < -0.4 is 0 Å². The van der Waals surface area contributed by atoms with Gasteiger partial charge in [-0.15, -0.1) is 0 Å². The van der Waals surface area contributed by atoms with E-state index in [2.05, 4.69) is 142 Å². The molecule has 5 heteroatoms. The summed E-state index contributed by atoms with van der Waals surface area (Å²) in [5, 5.41) is 0. The van der Waals surface area contributed by atoms with Crippen LogP contribution >= 0.6 is 0 Å². The third kappa shape index (κ3) is 54.9. The second-order valence-electron chi connectivity index (χ2n) is 18.1. The SMILES string of the molecule is CC/C=C\C/C=C\C/C=C\C/C=C\C/C=C\CCCCCC(=O)OCC(COCCCCCCCCCC/C=C\C/C=C\CCCCC)OC(=O)CCCCCCC/C=C\C/C=C\C/C=C\CC. The first kappa shape index (κ1) is 64.3. The zero-order valence-corrected chi connectivity index (χ0v) is 44.3. The lowest BCUT2D eigenvalue weighted by molar-refractivity contribution is -0.163. The molecule has 0 bridgehead atoms. The van der Waals surface area contributed by atoms with Gasteiger partial charge in [-0.3, -0.25) is 9.59 Å². The van der Waals surface area contributed by atoms with E-state index in [0.29, 0.717) is 19.4 Å². The van der Waals surface area contributed by atoms with Crippen LogP contribution in [0, 0.1) is 0 Å². The minimum atomic E-state index is -0.571. The summed E-state index contributed by atoms with van der Waals surface area (Å²) in [6.07, 6.45) is 80.7. The molecule has 0 spiro atoms. The lowest BCUT2D eigenvalue weighted by Crippen LogP contribution is -2.30. The molecule has 0 aromatic heterocycles. The molecule has 0 radical (unpaired) electrons. The molecule has 0 saturated carbocycles. The molecule has 0 rings (SSSR count). The van der Waals surface area contributed by atoms with E-state index in [9.17, 15) is 9.59 Å². The Morgan fingerprint density at radius 3 is 1.07 bits per heavy atom.